The Balaban J connectivity index is 2.62. The molecule has 0 aromatic rings. The largest absolute Gasteiger partial charge is 0.464 e. The maximum Gasteiger partial charge on any atom is 0.338 e. The fourth-order valence-electron chi connectivity index (χ4n) is 2.61. The van der Waals surface area contributed by atoms with Gasteiger partial charge in [0.05, 0.1) is 6.61 Å². The van der Waals surface area contributed by atoms with Crippen LogP contribution >= 0.6 is 0 Å². The van der Waals surface area contributed by atoms with Crippen molar-refractivity contribution >= 4 is 5.97 Å². The first-order valence-electron chi connectivity index (χ1n) is 6.94. The van der Waals surface area contributed by atoms with Gasteiger partial charge in [-0.05, 0) is 31.6 Å². The Morgan fingerprint density at radius 1 is 1.47 bits per heavy atom. The zero-order valence-electron chi connectivity index (χ0n) is 11.4. The first kappa shape index (κ1) is 14.5. The average molecular weight is 242 g/mol. The van der Waals surface area contributed by atoms with Crippen LogP contribution in [-0.4, -0.2) is 23.3 Å². The smallest absolute Gasteiger partial charge is 0.338 e. The number of carbonyl (C=O) groups is 1. The van der Waals surface area contributed by atoms with Gasteiger partial charge in [0, 0.05) is 0 Å². The lowest BCUT2D eigenvalue weighted by atomic mass is 9.73. The third kappa shape index (κ3) is 3.44. The third-order valence-corrected chi connectivity index (χ3v) is 3.99. The molecule has 0 aromatic carbocycles. The molecule has 1 aliphatic carbocycles. The van der Waals surface area contributed by atoms with E-state index >= 15 is 0 Å². The molecule has 0 radical (unpaired) electrons. The summed E-state index contributed by atoms with van der Waals surface area (Å²) in [4.78, 5) is 11.9. The molecule has 0 amide bonds. The van der Waals surface area contributed by atoms with Crippen molar-refractivity contribution in [3.63, 3.8) is 0 Å². The molecular formula is C14H26O3. The zero-order chi connectivity index (χ0) is 12.9. The van der Waals surface area contributed by atoms with Gasteiger partial charge in [-0.3, -0.25) is 0 Å². The molecule has 2 unspecified atom stereocenters. The van der Waals surface area contributed by atoms with E-state index < -0.39 is 11.6 Å². The highest BCUT2D eigenvalue weighted by Gasteiger charge is 2.43. The van der Waals surface area contributed by atoms with Crippen molar-refractivity contribution in [2.45, 2.75) is 64.9 Å². The Morgan fingerprint density at radius 2 is 2.12 bits per heavy atom. The van der Waals surface area contributed by atoms with Gasteiger partial charge in [0.2, 0.25) is 0 Å². The monoisotopic (exact) mass is 242 g/mol. The lowest BCUT2D eigenvalue weighted by Crippen LogP contribution is -2.47. The number of hydrogen-bond donors (Lipinski definition) is 1. The number of esters is 1. The third-order valence-electron chi connectivity index (χ3n) is 3.99. The number of carbonyl (C=O) groups excluding carboxylic acids is 1. The van der Waals surface area contributed by atoms with Gasteiger partial charge in [-0.2, -0.15) is 0 Å². The van der Waals surface area contributed by atoms with Crippen molar-refractivity contribution in [2.24, 2.45) is 11.8 Å². The Bertz CT molecular complexity index is 248. The Labute approximate surface area is 105 Å². The molecular weight excluding hydrogens is 216 g/mol. The number of aliphatic hydroxyl groups is 1. The van der Waals surface area contributed by atoms with Crippen LogP contribution in [0.5, 0.6) is 0 Å². The molecule has 0 aliphatic heterocycles. The molecule has 0 bridgehead atoms. The molecule has 1 aliphatic rings. The summed E-state index contributed by atoms with van der Waals surface area (Å²) in [5.41, 5.74) is -1.28. The number of ether oxygens (including phenoxy) is 1. The molecule has 1 saturated carbocycles. The van der Waals surface area contributed by atoms with Crippen LogP contribution < -0.4 is 0 Å². The lowest BCUT2D eigenvalue weighted by molar-refractivity contribution is -0.173. The topological polar surface area (TPSA) is 46.5 Å². The van der Waals surface area contributed by atoms with Crippen LogP contribution in [-0.2, 0) is 9.53 Å². The van der Waals surface area contributed by atoms with Crippen LogP contribution in [0, 0.1) is 11.8 Å². The van der Waals surface area contributed by atoms with E-state index in [9.17, 15) is 9.90 Å². The predicted molar refractivity (Wildman–Crippen MR) is 67.6 cm³/mol. The summed E-state index contributed by atoms with van der Waals surface area (Å²) in [5, 5.41) is 10.6. The summed E-state index contributed by atoms with van der Waals surface area (Å²) < 4.78 is 5.03. The normalized spacial score (nSPS) is 21.4. The van der Waals surface area contributed by atoms with Crippen LogP contribution in [0.1, 0.15) is 59.3 Å². The van der Waals surface area contributed by atoms with Crippen LogP contribution in [0.3, 0.4) is 0 Å². The Hall–Kier alpha value is -0.570. The highest BCUT2D eigenvalue weighted by molar-refractivity contribution is 5.79. The number of rotatable bonds is 7. The molecule has 0 aromatic heterocycles. The molecule has 1 fully saturated rings. The van der Waals surface area contributed by atoms with E-state index in [-0.39, 0.29) is 5.92 Å². The van der Waals surface area contributed by atoms with E-state index in [1.54, 1.807) is 6.92 Å². The van der Waals surface area contributed by atoms with Gasteiger partial charge >= 0.3 is 5.97 Å². The van der Waals surface area contributed by atoms with Gasteiger partial charge in [0.15, 0.2) is 5.60 Å². The van der Waals surface area contributed by atoms with E-state index in [0.29, 0.717) is 18.9 Å². The Morgan fingerprint density at radius 3 is 2.53 bits per heavy atom. The fraction of sp³-hybridized carbons (Fsp3) is 0.929. The van der Waals surface area contributed by atoms with Gasteiger partial charge in [0.25, 0.3) is 0 Å². The van der Waals surface area contributed by atoms with Crippen LogP contribution in [0.4, 0.5) is 0 Å². The minimum atomic E-state index is -1.28. The quantitative estimate of drug-likeness (QED) is 0.698. The van der Waals surface area contributed by atoms with Crippen molar-refractivity contribution < 1.29 is 14.6 Å². The van der Waals surface area contributed by atoms with E-state index in [1.165, 1.54) is 19.3 Å². The molecule has 2 atom stereocenters. The van der Waals surface area contributed by atoms with Gasteiger partial charge < -0.3 is 9.84 Å². The molecule has 1 N–H and O–H groups in total. The fourth-order valence-corrected chi connectivity index (χ4v) is 2.61. The molecule has 0 spiro atoms. The first-order valence-corrected chi connectivity index (χ1v) is 6.94. The Kier molecular flexibility index (Phi) is 5.44. The summed E-state index contributed by atoms with van der Waals surface area (Å²) >= 11 is 0. The maximum absolute atomic E-state index is 11.9. The van der Waals surface area contributed by atoms with E-state index in [1.807, 2.05) is 13.8 Å². The van der Waals surface area contributed by atoms with Gasteiger partial charge in [-0.15, -0.1) is 0 Å². The van der Waals surface area contributed by atoms with Crippen molar-refractivity contribution in [3.05, 3.63) is 0 Å². The summed E-state index contributed by atoms with van der Waals surface area (Å²) in [6.45, 7) is 6.08. The van der Waals surface area contributed by atoms with E-state index in [0.717, 1.165) is 12.8 Å². The van der Waals surface area contributed by atoms with Crippen molar-refractivity contribution in [2.75, 3.05) is 6.61 Å². The van der Waals surface area contributed by atoms with Gasteiger partial charge in [-0.25, -0.2) is 4.79 Å². The van der Waals surface area contributed by atoms with Crippen molar-refractivity contribution in [3.8, 4) is 0 Å². The second-order valence-electron chi connectivity index (χ2n) is 5.33. The van der Waals surface area contributed by atoms with Gasteiger partial charge in [0.1, 0.15) is 0 Å². The molecule has 0 heterocycles. The molecule has 1 rings (SSSR count). The minimum Gasteiger partial charge on any atom is -0.464 e. The highest BCUT2D eigenvalue weighted by atomic mass is 16.5. The number of hydrogen-bond acceptors (Lipinski definition) is 3. The summed E-state index contributed by atoms with van der Waals surface area (Å²) in [6.07, 6.45) is 6.02. The lowest BCUT2D eigenvalue weighted by Gasteiger charge is -2.36. The van der Waals surface area contributed by atoms with Crippen LogP contribution in [0.25, 0.3) is 0 Å². The van der Waals surface area contributed by atoms with E-state index in [4.69, 9.17) is 4.74 Å². The van der Waals surface area contributed by atoms with Gasteiger partial charge in [-0.1, -0.05) is 39.5 Å². The summed E-state index contributed by atoms with van der Waals surface area (Å²) in [7, 11) is 0. The average Bonchev–Trinajstić information content (AvgIpc) is 2.23. The zero-order valence-corrected chi connectivity index (χ0v) is 11.4. The SMILES string of the molecule is CCCC(O)(C(=O)OCC)C(C)CC1CCC1. The molecule has 3 nitrogen and oxygen atoms in total. The summed E-state index contributed by atoms with van der Waals surface area (Å²) in [6, 6.07) is 0. The molecule has 17 heavy (non-hydrogen) atoms. The summed E-state index contributed by atoms with van der Waals surface area (Å²) in [5.74, 6) is 0.253. The van der Waals surface area contributed by atoms with Crippen molar-refractivity contribution in [1.29, 1.82) is 0 Å². The second-order valence-corrected chi connectivity index (χ2v) is 5.33. The maximum atomic E-state index is 11.9. The molecule has 3 heteroatoms. The second kappa shape index (κ2) is 6.39. The first-order chi connectivity index (χ1) is 8.04. The van der Waals surface area contributed by atoms with Crippen molar-refractivity contribution in [1.82, 2.24) is 0 Å². The highest BCUT2D eigenvalue weighted by Crippen LogP contribution is 2.37. The standard InChI is InChI=1S/C14H26O3/c1-4-9-14(16,13(15)17-5-2)11(3)10-12-7-6-8-12/h11-12,16H,4-10H2,1-3H3. The van der Waals surface area contributed by atoms with E-state index in [2.05, 4.69) is 0 Å². The molecule has 100 valence electrons. The predicted octanol–water partition coefficient (Wildman–Crippen LogP) is 2.91. The van der Waals surface area contributed by atoms with Crippen LogP contribution in [0.2, 0.25) is 0 Å². The minimum absolute atomic E-state index is 0.00759. The molecule has 0 saturated heterocycles. The van der Waals surface area contributed by atoms with Crippen LogP contribution in [0.15, 0.2) is 0 Å².